The second-order valence-electron chi connectivity index (χ2n) is 3.57. The molecular formula is C13H8Cl2N2. The Balaban J connectivity index is 2.45. The third kappa shape index (κ3) is 2.97. The molecule has 1 aromatic heterocycles. The molecule has 0 saturated heterocycles. The summed E-state index contributed by atoms with van der Waals surface area (Å²) in [7, 11) is 0. The first-order chi connectivity index (χ1) is 8.19. The van der Waals surface area contributed by atoms with E-state index < -0.39 is 0 Å². The minimum Gasteiger partial charge on any atom is -0.264 e. The van der Waals surface area contributed by atoms with Gasteiger partial charge in [0.2, 0.25) is 0 Å². The number of halogens is 2. The van der Waals surface area contributed by atoms with Crippen molar-refractivity contribution in [3.63, 3.8) is 0 Å². The number of rotatable bonds is 2. The van der Waals surface area contributed by atoms with Crippen molar-refractivity contribution in [2.75, 3.05) is 0 Å². The van der Waals surface area contributed by atoms with Crippen LogP contribution < -0.4 is 0 Å². The first kappa shape index (κ1) is 11.9. The topological polar surface area (TPSA) is 36.7 Å². The van der Waals surface area contributed by atoms with Gasteiger partial charge in [-0.15, -0.1) is 0 Å². The van der Waals surface area contributed by atoms with Gasteiger partial charge < -0.3 is 0 Å². The molecule has 84 valence electrons. The van der Waals surface area contributed by atoms with Crippen LogP contribution in [0.2, 0.25) is 10.0 Å². The number of pyridine rings is 1. The largest absolute Gasteiger partial charge is 0.264 e. The lowest BCUT2D eigenvalue weighted by molar-refractivity contribution is 1.19. The molecule has 17 heavy (non-hydrogen) atoms. The second-order valence-corrected chi connectivity index (χ2v) is 4.45. The van der Waals surface area contributed by atoms with Crippen LogP contribution in [0.1, 0.15) is 5.56 Å². The summed E-state index contributed by atoms with van der Waals surface area (Å²) < 4.78 is 0. The predicted octanol–water partition coefficient (Wildman–Crippen LogP) is 4.12. The Labute approximate surface area is 109 Å². The van der Waals surface area contributed by atoms with E-state index in [1.165, 1.54) is 0 Å². The van der Waals surface area contributed by atoms with Gasteiger partial charge in [0.05, 0.1) is 12.5 Å². The van der Waals surface area contributed by atoms with Gasteiger partial charge in [-0.05, 0) is 35.4 Å². The summed E-state index contributed by atoms with van der Waals surface area (Å²) >= 11 is 11.9. The highest BCUT2D eigenvalue weighted by atomic mass is 35.5. The summed E-state index contributed by atoms with van der Waals surface area (Å²) in [4.78, 5) is 4.10. The normalized spacial score (nSPS) is 9.94. The molecule has 0 fully saturated rings. The maximum Gasteiger partial charge on any atom is 0.0670 e. The van der Waals surface area contributed by atoms with E-state index >= 15 is 0 Å². The smallest absolute Gasteiger partial charge is 0.0670 e. The van der Waals surface area contributed by atoms with E-state index in [0.29, 0.717) is 16.5 Å². The third-order valence-electron chi connectivity index (χ3n) is 2.27. The second kappa shape index (κ2) is 5.18. The van der Waals surface area contributed by atoms with Crippen molar-refractivity contribution in [3.8, 4) is 17.2 Å². The van der Waals surface area contributed by atoms with Crippen molar-refractivity contribution < 1.29 is 0 Å². The Kier molecular flexibility index (Phi) is 3.63. The number of nitriles is 1. The Morgan fingerprint density at radius 1 is 1.00 bits per heavy atom. The lowest BCUT2D eigenvalue weighted by Gasteiger charge is -2.04. The molecule has 0 N–H and O–H groups in total. The van der Waals surface area contributed by atoms with Crippen molar-refractivity contribution in [1.29, 1.82) is 5.26 Å². The van der Waals surface area contributed by atoms with Gasteiger partial charge in [0.25, 0.3) is 0 Å². The van der Waals surface area contributed by atoms with Crippen LogP contribution in [0.4, 0.5) is 0 Å². The van der Waals surface area contributed by atoms with Crippen LogP contribution in [0.25, 0.3) is 11.1 Å². The molecule has 0 aliphatic rings. The molecule has 0 amide bonds. The number of aromatic nitrogens is 1. The first-order valence-electron chi connectivity index (χ1n) is 4.96. The molecule has 1 heterocycles. The van der Waals surface area contributed by atoms with Gasteiger partial charge in [0.15, 0.2) is 0 Å². The fraction of sp³-hybridized carbons (Fsp3) is 0.0769. The summed E-state index contributed by atoms with van der Waals surface area (Å²) in [6.07, 6.45) is 3.75. The Bertz CT molecular complexity index is 568. The predicted molar refractivity (Wildman–Crippen MR) is 69.0 cm³/mol. The summed E-state index contributed by atoms with van der Waals surface area (Å²) in [5.41, 5.74) is 2.68. The van der Waals surface area contributed by atoms with Gasteiger partial charge in [0.1, 0.15) is 0 Å². The number of hydrogen-bond donors (Lipinski definition) is 0. The van der Waals surface area contributed by atoms with Crippen LogP contribution in [0, 0.1) is 11.3 Å². The third-order valence-corrected chi connectivity index (χ3v) is 2.71. The first-order valence-corrected chi connectivity index (χ1v) is 5.72. The van der Waals surface area contributed by atoms with Crippen LogP contribution >= 0.6 is 23.2 Å². The van der Waals surface area contributed by atoms with Crippen molar-refractivity contribution in [3.05, 3.63) is 52.3 Å². The molecule has 2 rings (SSSR count). The van der Waals surface area contributed by atoms with Crippen LogP contribution in [-0.2, 0) is 6.42 Å². The molecule has 4 heteroatoms. The fourth-order valence-electron chi connectivity index (χ4n) is 1.55. The fourth-order valence-corrected chi connectivity index (χ4v) is 2.08. The quantitative estimate of drug-likeness (QED) is 0.817. The molecule has 2 aromatic rings. The lowest BCUT2D eigenvalue weighted by atomic mass is 10.1. The van der Waals surface area contributed by atoms with Crippen molar-refractivity contribution in [1.82, 2.24) is 4.98 Å². The van der Waals surface area contributed by atoms with Gasteiger partial charge in [-0.25, -0.2) is 0 Å². The van der Waals surface area contributed by atoms with Crippen molar-refractivity contribution >= 4 is 23.2 Å². The van der Waals surface area contributed by atoms with Crippen LogP contribution in [0.3, 0.4) is 0 Å². The maximum atomic E-state index is 8.65. The van der Waals surface area contributed by atoms with E-state index in [2.05, 4.69) is 11.1 Å². The summed E-state index contributed by atoms with van der Waals surface area (Å²) in [5.74, 6) is 0. The molecule has 0 radical (unpaired) electrons. The minimum atomic E-state index is 0.342. The van der Waals surface area contributed by atoms with E-state index in [1.54, 1.807) is 18.5 Å². The molecule has 0 aliphatic carbocycles. The summed E-state index contributed by atoms with van der Waals surface area (Å²) in [6, 6.07) is 9.33. The standard InChI is InChI=1S/C13H8Cl2N2/c14-12-4-10(5-13(15)6-12)11-3-9(1-2-16)7-17-8-11/h3-8H,1H2. The van der Waals surface area contributed by atoms with Crippen LogP contribution in [0.5, 0.6) is 0 Å². The monoisotopic (exact) mass is 262 g/mol. The van der Waals surface area contributed by atoms with Gasteiger partial charge in [-0.1, -0.05) is 23.2 Å². The summed E-state index contributed by atoms with van der Waals surface area (Å²) in [5, 5.41) is 9.81. The molecule has 0 spiro atoms. The molecule has 0 unspecified atom stereocenters. The molecule has 2 nitrogen and oxygen atoms in total. The van der Waals surface area contributed by atoms with Crippen LogP contribution in [-0.4, -0.2) is 4.98 Å². The van der Waals surface area contributed by atoms with E-state index in [1.807, 2.05) is 18.2 Å². The minimum absolute atomic E-state index is 0.342. The molecule has 0 aliphatic heterocycles. The van der Waals surface area contributed by atoms with Gasteiger partial charge in [-0.2, -0.15) is 5.26 Å². The number of benzene rings is 1. The SMILES string of the molecule is N#CCc1cncc(-c2cc(Cl)cc(Cl)c2)c1. The van der Waals surface area contributed by atoms with Crippen molar-refractivity contribution in [2.24, 2.45) is 0 Å². The van der Waals surface area contributed by atoms with Gasteiger partial charge in [-0.3, -0.25) is 4.98 Å². The van der Waals surface area contributed by atoms with E-state index in [4.69, 9.17) is 28.5 Å². The van der Waals surface area contributed by atoms with Gasteiger partial charge >= 0.3 is 0 Å². The molecule has 0 bridgehead atoms. The number of nitrogens with zero attached hydrogens (tertiary/aromatic N) is 2. The Hall–Kier alpha value is -1.56. The Morgan fingerprint density at radius 2 is 1.71 bits per heavy atom. The highest BCUT2D eigenvalue weighted by molar-refractivity contribution is 6.35. The maximum absolute atomic E-state index is 8.65. The average molecular weight is 263 g/mol. The molecule has 1 aromatic carbocycles. The zero-order valence-corrected chi connectivity index (χ0v) is 10.3. The van der Waals surface area contributed by atoms with Crippen molar-refractivity contribution in [2.45, 2.75) is 6.42 Å². The van der Waals surface area contributed by atoms with E-state index in [-0.39, 0.29) is 0 Å². The molecule has 0 saturated carbocycles. The zero-order valence-electron chi connectivity index (χ0n) is 8.82. The molecular weight excluding hydrogens is 255 g/mol. The highest BCUT2D eigenvalue weighted by Gasteiger charge is 2.03. The highest BCUT2D eigenvalue weighted by Crippen LogP contribution is 2.27. The summed E-state index contributed by atoms with van der Waals surface area (Å²) in [6.45, 7) is 0. The number of hydrogen-bond acceptors (Lipinski definition) is 2. The molecule has 0 atom stereocenters. The lowest BCUT2D eigenvalue weighted by Crippen LogP contribution is -1.86. The van der Waals surface area contributed by atoms with E-state index in [0.717, 1.165) is 16.7 Å². The van der Waals surface area contributed by atoms with Crippen LogP contribution in [0.15, 0.2) is 36.7 Å². The zero-order chi connectivity index (χ0) is 12.3. The average Bonchev–Trinajstić information content (AvgIpc) is 2.28. The van der Waals surface area contributed by atoms with E-state index in [9.17, 15) is 0 Å². The van der Waals surface area contributed by atoms with Gasteiger partial charge in [0, 0.05) is 28.0 Å². The Morgan fingerprint density at radius 3 is 2.35 bits per heavy atom.